The standard InChI is InChI=1S/C7H6Cl2O3S/c1-4-2-3-5(10)7(6(4)8)13(9,11)12/h2-3,10H,1H3. The molecule has 0 amide bonds. The van der Waals surface area contributed by atoms with Crippen LogP contribution in [0.5, 0.6) is 5.75 Å². The minimum absolute atomic E-state index is 0.0463. The molecule has 0 aliphatic carbocycles. The molecular weight excluding hydrogens is 235 g/mol. The third-order valence-electron chi connectivity index (χ3n) is 1.51. The van der Waals surface area contributed by atoms with E-state index >= 15 is 0 Å². The summed E-state index contributed by atoms with van der Waals surface area (Å²) in [5, 5.41) is 9.16. The molecule has 72 valence electrons. The van der Waals surface area contributed by atoms with Gasteiger partial charge in [-0.3, -0.25) is 0 Å². The maximum Gasteiger partial charge on any atom is 0.266 e. The Morgan fingerprint density at radius 3 is 2.31 bits per heavy atom. The monoisotopic (exact) mass is 240 g/mol. The summed E-state index contributed by atoms with van der Waals surface area (Å²) in [6, 6.07) is 2.74. The molecule has 0 heterocycles. The third kappa shape index (κ3) is 2.07. The quantitative estimate of drug-likeness (QED) is 0.767. The summed E-state index contributed by atoms with van der Waals surface area (Å²) >= 11 is 5.66. The lowest BCUT2D eigenvalue weighted by Gasteiger charge is -2.05. The number of benzene rings is 1. The molecule has 1 N–H and O–H groups in total. The van der Waals surface area contributed by atoms with Crippen LogP contribution < -0.4 is 0 Å². The Hall–Kier alpha value is -0.450. The maximum atomic E-state index is 10.9. The van der Waals surface area contributed by atoms with Crippen molar-refractivity contribution >= 4 is 31.3 Å². The number of rotatable bonds is 1. The molecule has 0 saturated heterocycles. The molecule has 13 heavy (non-hydrogen) atoms. The molecule has 0 aliphatic rings. The number of hydrogen-bond donors (Lipinski definition) is 1. The summed E-state index contributed by atoms with van der Waals surface area (Å²) in [4.78, 5) is -0.434. The van der Waals surface area contributed by atoms with E-state index in [0.29, 0.717) is 5.56 Å². The Morgan fingerprint density at radius 2 is 1.92 bits per heavy atom. The zero-order valence-electron chi connectivity index (χ0n) is 6.58. The Bertz CT molecular complexity index is 439. The highest BCUT2D eigenvalue weighted by atomic mass is 35.7. The summed E-state index contributed by atoms with van der Waals surface area (Å²) < 4.78 is 21.9. The summed E-state index contributed by atoms with van der Waals surface area (Å²) in [5.74, 6) is -0.439. The molecule has 0 aliphatic heterocycles. The largest absolute Gasteiger partial charge is 0.506 e. The second-order valence-electron chi connectivity index (χ2n) is 2.48. The zero-order chi connectivity index (χ0) is 10.2. The molecule has 0 aromatic heterocycles. The summed E-state index contributed by atoms with van der Waals surface area (Å²) in [7, 11) is 1.07. The van der Waals surface area contributed by atoms with Crippen LogP contribution in [0.25, 0.3) is 0 Å². The van der Waals surface area contributed by atoms with Gasteiger partial charge in [0.05, 0.1) is 5.02 Å². The first-order valence-electron chi connectivity index (χ1n) is 3.27. The first kappa shape index (κ1) is 10.6. The lowest BCUT2D eigenvalue weighted by Crippen LogP contribution is -1.94. The molecule has 0 atom stereocenters. The van der Waals surface area contributed by atoms with Crippen LogP contribution in [0.4, 0.5) is 0 Å². The number of aryl methyl sites for hydroxylation is 1. The molecule has 1 aromatic rings. The van der Waals surface area contributed by atoms with Gasteiger partial charge in [0.25, 0.3) is 9.05 Å². The molecule has 1 aromatic carbocycles. The van der Waals surface area contributed by atoms with Crippen LogP contribution in [0.3, 0.4) is 0 Å². The van der Waals surface area contributed by atoms with Crippen LogP contribution in [-0.2, 0) is 9.05 Å². The van der Waals surface area contributed by atoms with Crippen LogP contribution in [0.1, 0.15) is 5.56 Å². The van der Waals surface area contributed by atoms with E-state index in [0.717, 1.165) is 0 Å². The van der Waals surface area contributed by atoms with Gasteiger partial charge >= 0.3 is 0 Å². The Morgan fingerprint density at radius 1 is 1.38 bits per heavy atom. The van der Waals surface area contributed by atoms with Gasteiger partial charge in [-0.2, -0.15) is 0 Å². The topological polar surface area (TPSA) is 54.4 Å². The van der Waals surface area contributed by atoms with E-state index < -0.39 is 19.7 Å². The SMILES string of the molecule is Cc1ccc(O)c(S(=O)(=O)Cl)c1Cl. The van der Waals surface area contributed by atoms with E-state index in [-0.39, 0.29) is 5.02 Å². The summed E-state index contributed by atoms with van der Waals surface area (Å²) in [6.45, 7) is 1.62. The predicted octanol–water partition coefficient (Wildman–Crippen LogP) is 2.28. The van der Waals surface area contributed by atoms with Crippen molar-refractivity contribution in [2.45, 2.75) is 11.8 Å². The molecular formula is C7H6Cl2O3S. The Labute approximate surface area is 85.3 Å². The molecule has 3 nitrogen and oxygen atoms in total. The fourth-order valence-electron chi connectivity index (χ4n) is 0.876. The van der Waals surface area contributed by atoms with E-state index in [4.69, 9.17) is 22.3 Å². The van der Waals surface area contributed by atoms with Crippen LogP contribution >= 0.6 is 22.3 Å². The van der Waals surface area contributed by atoms with Crippen molar-refractivity contribution < 1.29 is 13.5 Å². The summed E-state index contributed by atoms with van der Waals surface area (Å²) in [6.07, 6.45) is 0. The summed E-state index contributed by atoms with van der Waals surface area (Å²) in [5.41, 5.74) is 0.540. The zero-order valence-corrected chi connectivity index (χ0v) is 8.91. The molecule has 0 radical (unpaired) electrons. The van der Waals surface area contributed by atoms with Gasteiger partial charge in [-0.25, -0.2) is 8.42 Å². The molecule has 0 spiro atoms. The highest BCUT2D eigenvalue weighted by Crippen LogP contribution is 2.34. The maximum absolute atomic E-state index is 10.9. The van der Waals surface area contributed by atoms with Gasteiger partial charge in [-0.15, -0.1) is 0 Å². The fourth-order valence-corrected chi connectivity index (χ4v) is 2.62. The third-order valence-corrected chi connectivity index (χ3v) is 3.48. The number of phenolic OH excluding ortho intramolecular Hbond substituents is 1. The fraction of sp³-hybridized carbons (Fsp3) is 0.143. The van der Waals surface area contributed by atoms with Crippen molar-refractivity contribution in [2.24, 2.45) is 0 Å². The van der Waals surface area contributed by atoms with Gasteiger partial charge < -0.3 is 5.11 Å². The van der Waals surface area contributed by atoms with Crippen LogP contribution in [-0.4, -0.2) is 13.5 Å². The normalized spacial score (nSPS) is 11.6. The van der Waals surface area contributed by atoms with Crippen LogP contribution in [0.15, 0.2) is 17.0 Å². The lowest BCUT2D eigenvalue weighted by molar-refractivity contribution is 0.459. The molecule has 0 saturated carbocycles. The van der Waals surface area contributed by atoms with Gasteiger partial charge in [0.15, 0.2) is 0 Å². The first-order valence-corrected chi connectivity index (χ1v) is 5.95. The Balaban J connectivity index is 3.62. The van der Waals surface area contributed by atoms with Crippen LogP contribution in [0, 0.1) is 6.92 Å². The minimum atomic E-state index is -4.00. The van der Waals surface area contributed by atoms with E-state index in [1.165, 1.54) is 12.1 Å². The highest BCUT2D eigenvalue weighted by Gasteiger charge is 2.20. The molecule has 6 heteroatoms. The Kier molecular flexibility index (Phi) is 2.75. The average molecular weight is 241 g/mol. The smallest absolute Gasteiger partial charge is 0.266 e. The lowest BCUT2D eigenvalue weighted by atomic mass is 10.2. The van der Waals surface area contributed by atoms with Gasteiger partial charge in [-0.05, 0) is 18.6 Å². The van der Waals surface area contributed by atoms with Crippen molar-refractivity contribution in [2.75, 3.05) is 0 Å². The van der Waals surface area contributed by atoms with Gasteiger partial charge in [0, 0.05) is 10.7 Å². The van der Waals surface area contributed by atoms with Crippen molar-refractivity contribution in [1.29, 1.82) is 0 Å². The highest BCUT2D eigenvalue weighted by molar-refractivity contribution is 8.14. The minimum Gasteiger partial charge on any atom is -0.506 e. The van der Waals surface area contributed by atoms with Gasteiger partial charge in [0.2, 0.25) is 0 Å². The number of phenols is 1. The second-order valence-corrected chi connectivity index (χ2v) is 5.36. The van der Waals surface area contributed by atoms with Crippen LogP contribution in [0.2, 0.25) is 5.02 Å². The van der Waals surface area contributed by atoms with Gasteiger partial charge in [0.1, 0.15) is 10.6 Å². The number of aromatic hydroxyl groups is 1. The molecule has 0 bridgehead atoms. The van der Waals surface area contributed by atoms with Crippen molar-refractivity contribution in [1.82, 2.24) is 0 Å². The molecule has 0 fully saturated rings. The van der Waals surface area contributed by atoms with E-state index in [9.17, 15) is 13.5 Å². The predicted molar refractivity (Wildman–Crippen MR) is 50.9 cm³/mol. The number of hydrogen-bond acceptors (Lipinski definition) is 3. The average Bonchev–Trinajstić information content (AvgIpc) is 1.95. The molecule has 1 rings (SSSR count). The van der Waals surface area contributed by atoms with E-state index in [1.807, 2.05) is 0 Å². The van der Waals surface area contributed by atoms with Gasteiger partial charge in [-0.1, -0.05) is 17.7 Å². The number of halogens is 2. The molecule has 0 unspecified atom stereocenters. The first-order chi connectivity index (χ1) is 5.84. The van der Waals surface area contributed by atoms with Crippen molar-refractivity contribution in [3.05, 3.63) is 22.7 Å². The van der Waals surface area contributed by atoms with Crippen molar-refractivity contribution in [3.8, 4) is 5.75 Å². The second kappa shape index (κ2) is 3.36. The van der Waals surface area contributed by atoms with Crippen molar-refractivity contribution in [3.63, 3.8) is 0 Å². The van der Waals surface area contributed by atoms with E-state index in [2.05, 4.69) is 0 Å². The van der Waals surface area contributed by atoms with E-state index in [1.54, 1.807) is 6.92 Å².